The number of nitrogens with zero attached hydrogens (tertiary/aromatic N) is 1. The van der Waals surface area contributed by atoms with Crippen LogP contribution in [-0.2, 0) is 4.79 Å². The van der Waals surface area contributed by atoms with E-state index in [0.29, 0.717) is 17.9 Å². The highest BCUT2D eigenvalue weighted by Gasteiger charge is 2.52. The van der Waals surface area contributed by atoms with Crippen molar-refractivity contribution in [3.63, 3.8) is 0 Å². The van der Waals surface area contributed by atoms with Gasteiger partial charge >= 0.3 is 0 Å². The maximum Gasteiger partial charge on any atom is 0.241 e. The molecule has 4 atom stereocenters. The van der Waals surface area contributed by atoms with Gasteiger partial charge in [0.15, 0.2) is 0 Å². The lowest BCUT2D eigenvalue weighted by atomic mass is 10.1. The number of rotatable bonds is 5. The minimum Gasteiger partial charge on any atom is -0.317 e. The van der Waals surface area contributed by atoms with Crippen LogP contribution in [-0.4, -0.2) is 22.9 Å². The van der Waals surface area contributed by atoms with E-state index in [1.54, 1.807) is 11.3 Å². The van der Waals surface area contributed by atoms with Crippen LogP contribution in [0.25, 0.3) is 0 Å². The van der Waals surface area contributed by atoms with Crippen LogP contribution < -0.4 is 5.32 Å². The van der Waals surface area contributed by atoms with Crippen LogP contribution in [0.1, 0.15) is 51.1 Å². The molecular formula is C16H24N2OS. The van der Waals surface area contributed by atoms with Crippen LogP contribution in [0.4, 0.5) is 0 Å². The molecule has 3 nitrogen and oxygen atoms in total. The van der Waals surface area contributed by atoms with Gasteiger partial charge in [-0.15, -0.1) is 11.3 Å². The van der Waals surface area contributed by atoms with E-state index < -0.39 is 0 Å². The smallest absolute Gasteiger partial charge is 0.241 e. The fourth-order valence-electron chi connectivity index (χ4n) is 3.36. The summed E-state index contributed by atoms with van der Waals surface area (Å²) >= 11 is 1.74. The summed E-state index contributed by atoms with van der Waals surface area (Å²) < 4.78 is 0. The largest absolute Gasteiger partial charge is 0.317 e. The van der Waals surface area contributed by atoms with E-state index in [1.165, 1.54) is 24.1 Å². The molecule has 2 aliphatic rings. The third kappa shape index (κ3) is 2.40. The molecule has 1 aliphatic heterocycles. The first-order valence-electron chi connectivity index (χ1n) is 7.75. The zero-order valence-corrected chi connectivity index (χ0v) is 13.3. The highest BCUT2D eigenvalue weighted by molar-refractivity contribution is 7.10. The lowest BCUT2D eigenvalue weighted by Crippen LogP contribution is -2.36. The molecular weight excluding hydrogens is 268 g/mol. The average Bonchev–Trinajstić information content (AvgIpc) is 2.86. The van der Waals surface area contributed by atoms with Gasteiger partial charge in [0, 0.05) is 10.9 Å². The maximum absolute atomic E-state index is 12.8. The molecule has 110 valence electrons. The van der Waals surface area contributed by atoms with Crippen LogP contribution in [0.5, 0.6) is 0 Å². The Bertz CT molecular complexity index is 471. The van der Waals surface area contributed by atoms with E-state index >= 15 is 0 Å². The van der Waals surface area contributed by atoms with Gasteiger partial charge in [0.2, 0.25) is 5.91 Å². The van der Waals surface area contributed by atoms with Crippen LogP contribution >= 0.6 is 11.3 Å². The van der Waals surface area contributed by atoms with Crippen molar-refractivity contribution in [3.8, 4) is 0 Å². The molecule has 0 aromatic carbocycles. The number of nitrogens with one attached hydrogen (secondary N) is 1. The van der Waals surface area contributed by atoms with Gasteiger partial charge in [-0.2, -0.15) is 0 Å². The molecule has 1 amide bonds. The Morgan fingerprint density at radius 1 is 1.50 bits per heavy atom. The predicted molar refractivity (Wildman–Crippen MR) is 82.5 cm³/mol. The second kappa shape index (κ2) is 5.49. The lowest BCUT2D eigenvalue weighted by molar-refractivity contribution is -0.131. The van der Waals surface area contributed by atoms with Crippen LogP contribution in [0.15, 0.2) is 17.5 Å². The molecule has 1 N–H and O–H groups in total. The Morgan fingerprint density at radius 2 is 2.30 bits per heavy atom. The molecule has 1 aliphatic carbocycles. The topological polar surface area (TPSA) is 32.3 Å². The van der Waals surface area contributed by atoms with E-state index in [2.05, 4.69) is 48.5 Å². The molecule has 1 aromatic rings. The molecule has 0 spiro atoms. The Kier molecular flexibility index (Phi) is 3.87. The van der Waals surface area contributed by atoms with Gasteiger partial charge in [0.05, 0.1) is 6.04 Å². The number of hydrogen-bond acceptors (Lipinski definition) is 3. The predicted octanol–water partition coefficient (Wildman–Crippen LogP) is 3.39. The van der Waals surface area contributed by atoms with Crippen molar-refractivity contribution in [2.75, 3.05) is 0 Å². The van der Waals surface area contributed by atoms with Crippen molar-refractivity contribution in [2.24, 2.45) is 11.8 Å². The Morgan fingerprint density at radius 3 is 2.90 bits per heavy atom. The van der Waals surface area contributed by atoms with E-state index in [0.717, 1.165) is 5.92 Å². The maximum atomic E-state index is 12.8. The molecule has 4 unspecified atom stereocenters. The van der Waals surface area contributed by atoms with Crippen molar-refractivity contribution < 1.29 is 4.79 Å². The number of thiophene rings is 1. The van der Waals surface area contributed by atoms with E-state index in [9.17, 15) is 4.79 Å². The van der Waals surface area contributed by atoms with Gasteiger partial charge in [0.1, 0.15) is 6.17 Å². The number of hydrogen-bond donors (Lipinski definition) is 1. The van der Waals surface area contributed by atoms with Crippen molar-refractivity contribution in [1.82, 2.24) is 10.2 Å². The van der Waals surface area contributed by atoms with Crippen LogP contribution in [0, 0.1) is 11.8 Å². The van der Waals surface area contributed by atoms with E-state index in [4.69, 9.17) is 0 Å². The van der Waals surface area contributed by atoms with Gasteiger partial charge in [-0.3, -0.25) is 10.1 Å². The number of carbonyl (C=O) groups excluding carboxylic acids is 1. The molecule has 1 aromatic heterocycles. The summed E-state index contributed by atoms with van der Waals surface area (Å²) in [5.41, 5.74) is 0. The van der Waals surface area contributed by atoms with Crippen molar-refractivity contribution >= 4 is 17.2 Å². The van der Waals surface area contributed by atoms with Gasteiger partial charge in [0.25, 0.3) is 0 Å². The third-order valence-corrected chi connectivity index (χ3v) is 5.44. The van der Waals surface area contributed by atoms with E-state index in [1.807, 2.05) is 0 Å². The van der Waals surface area contributed by atoms with Crippen LogP contribution in [0.2, 0.25) is 0 Å². The summed E-state index contributed by atoms with van der Waals surface area (Å²) in [5, 5.41) is 5.66. The highest BCUT2D eigenvalue weighted by Crippen LogP contribution is 2.45. The SMILES string of the molecule is CCCC1CC1N1C(=O)C(C(C)C)NC1c1cccs1. The Labute approximate surface area is 125 Å². The van der Waals surface area contributed by atoms with Gasteiger partial charge in [-0.25, -0.2) is 0 Å². The van der Waals surface area contributed by atoms with Gasteiger partial charge in [-0.05, 0) is 36.1 Å². The van der Waals surface area contributed by atoms with Crippen LogP contribution in [0.3, 0.4) is 0 Å². The van der Waals surface area contributed by atoms with Gasteiger partial charge in [-0.1, -0.05) is 33.3 Å². The highest BCUT2D eigenvalue weighted by atomic mass is 32.1. The standard InChI is InChI=1S/C16H24N2OS/c1-4-6-11-9-12(11)18-15(13-7-5-8-20-13)17-14(10(2)3)16(18)19/h5,7-8,10-12,14-15,17H,4,6,9H2,1-3H3. The fourth-order valence-corrected chi connectivity index (χ4v) is 4.14. The first kappa shape index (κ1) is 14.1. The molecule has 2 heterocycles. The summed E-state index contributed by atoms with van der Waals surface area (Å²) in [7, 11) is 0. The fraction of sp³-hybridized carbons (Fsp3) is 0.688. The van der Waals surface area contributed by atoms with Crippen molar-refractivity contribution in [1.29, 1.82) is 0 Å². The zero-order chi connectivity index (χ0) is 14.3. The molecule has 4 heteroatoms. The van der Waals surface area contributed by atoms with Gasteiger partial charge < -0.3 is 4.90 Å². The van der Waals surface area contributed by atoms with E-state index in [-0.39, 0.29) is 12.2 Å². The molecule has 20 heavy (non-hydrogen) atoms. The minimum absolute atomic E-state index is 0.0232. The minimum atomic E-state index is -0.0232. The zero-order valence-electron chi connectivity index (χ0n) is 12.5. The summed E-state index contributed by atoms with van der Waals surface area (Å²) in [6.07, 6.45) is 3.75. The summed E-state index contributed by atoms with van der Waals surface area (Å²) in [6, 6.07) is 4.65. The number of carbonyl (C=O) groups is 1. The number of amides is 1. The lowest BCUT2D eigenvalue weighted by Gasteiger charge is -2.24. The normalized spacial score (nSPS) is 33.2. The first-order valence-corrected chi connectivity index (χ1v) is 8.63. The quantitative estimate of drug-likeness (QED) is 0.902. The molecule has 1 saturated heterocycles. The first-order chi connectivity index (χ1) is 9.63. The molecule has 0 radical (unpaired) electrons. The molecule has 3 rings (SSSR count). The summed E-state index contributed by atoms with van der Waals surface area (Å²) in [5.74, 6) is 1.37. The monoisotopic (exact) mass is 292 g/mol. The third-order valence-electron chi connectivity index (χ3n) is 4.52. The summed E-state index contributed by atoms with van der Waals surface area (Å²) in [6.45, 7) is 6.48. The average molecular weight is 292 g/mol. The van der Waals surface area contributed by atoms with Crippen molar-refractivity contribution in [3.05, 3.63) is 22.4 Å². The second-order valence-electron chi connectivity index (χ2n) is 6.40. The Balaban J connectivity index is 1.82. The summed E-state index contributed by atoms with van der Waals surface area (Å²) in [4.78, 5) is 16.2. The second-order valence-corrected chi connectivity index (χ2v) is 7.38. The van der Waals surface area contributed by atoms with Crippen molar-refractivity contribution in [2.45, 2.75) is 58.3 Å². The molecule has 0 bridgehead atoms. The molecule has 1 saturated carbocycles. The molecule has 2 fully saturated rings. The Hall–Kier alpha value is -0.870.